The first-order valence-electron chi connectivity index (χ1n) is 5.11. The van der Waals surface area contributed by atoms with Crippen molar-refractivity contribution in [1.29, 1.82) is 0 Å². The first-order chi connectivity index (χ1) is 8.35. The smallest absolute Gasteiger partial charge is 0.232 e. The first-order valence-corrected chi connectivity index (χ1v) is 6.77. The Labute approximate surface area is 102 Å². The van der Waals surface area contributed by atoms with E-state index in [0.717, 1.165) is 0 Å². The molecule has 2 N–H and O–H groups in total. The lowest BCUT2D eigenvalue weighted by atomic mass is 10.3. The highest BCUT2D eigenvalue weighted by Gasteiger charge is 2.15. The molecule has 1 aromatic rings. The van der Waals surface area contributed by atoms with E-state index in [1.54, 1.807) is 0 Å². The van der Waals surface area contributed by atoms with Crippen molar-refractivity contribution >= 4 is 15.7 Å². The summed E-state index contributed by atoms with van der Waals surface area (Å²) in [5.41, 5.74) is -0.641. The van der Waals surface area contributed by atoms with Gasteiger partial charge in [0.25, 0.3) is 0 Å². The molecule has 1 rings (SSSR count). The summed E-state index contributed by atoms with van der Waals surface area (Å²) < 4.78 is 63.3. The molecule has 0 spiro atoms. The van der Waals surface area contributed by atoms with Crippen molar-refractivity contribution in [2.45, 2.75) is 12.8 Å². The van der Waals surface area contributed by atoms with Crippen molar-refractivity contribution in [3.05, 3.63) is 29.6 Å². The van der Waals surface area contributed by atoms with Crippen LogP contribution >= 0.6 is 0 Å². The molecule has 0 aliphatic rings. The zero-order chi connectivity index (χ0) is 13.8. The number of aliphatic hydroxyl groups excluding tert-OH is 1. The highest BCUT2D eigenvalue weighted by atomic mass is 32.2. The summed E-state index contributed by atoms with van der Waals surface area (Å²) in [4.78, 5) is 0. The van der Waals surface area contributed by atoms with Gasteiger partial charge in [-0.25, -0.2) is 21.6 Å². The third kappa shape index (κ3) is 4.19. The van der Waals surface area contributed by atoms with Crippen LogP contribution in [-0.4, -0.2) is 25.9 Å². The second-order valence-electron chi connectivity index (χ2n) is 3.60. The standard InChI is InChI=1S/C10H12F3NO3S/c11-7-5-9(13)10(6-8(7)12)14-18(16,17)4-2-1-3-15/h5-6,14-15H,1-4H2. The molecule has 0 saturated carbocycles. The minimum Gasteiger partial charge on any atom is -0.396 e. The molecule has 102 valence electrons. The SMILES string of the molecule is O=S(=O)(CCCCO)Nc1cc(F)c(F)cc1F. The summed E-state index contributed by atoms with van der Waals surface area (Å²) in [5.74, 6) is -4.27. The maximum Gasteiger partial charge on any atom is 0.232 e. The van der Waals surface area contributed by atoms with Gasteiger partial charge in [0.05, 0.1) is 11.4 Å². The molecular formula is C10H12F3NO3S. The number of halogens is 3. The summed E-state index contributed by atoms with van der Waals surface area (Å²) in [5, 5.41) is 8.50. The van der Waals surface area contributed by atoms with Crippen LogP contribution in [0.1, 0.15) is 12.8 Å². The molecule has 0 saturated heterocycles. The third-order valence-electron chi connectivity index (χ3n) is 2.10. The van der Waals surface area contributed by atoms with Gasteiger partial charge in [0.1, 0.15) is 5.82 Å². The minimum atomic E-state index is -3.85. The predicted molar refractivity (Wildman–Crippen MR) is 60.0 cm³/mol. The molecule has 0 amide bonds. The number of nitrogens with one attached hydrogen (secondary N) is 1. The van der Waals surface area contributed by atoms with E-state index in [2.05, 4.69) is 0 Å². The molecule has 0 aliphatic carbocycles. The Morgan fingerprint density at radius 1 is 1.06 bits per heavy atom. The normalized spacial score (nSPS) is 11.6. The Morgan fingerprint density at radius 2 is 1.67 bits per heavy atom. The molecule has 0 bridgehead atoms. The number of benzene rings is 1. The fourth-order valence-electron chi connectivity index (χ4n) is 1.22. The molecule has 0 radical (unpaired) electrons. The van der Waals surface area contributed by atoms with Gasteiger partial charge in [-0.3, -0.25) is 4.72 Å². The summed E-state index contributed by atoms with van der Waals surface area (Å²) in [7, 11) is -3.85. The molecular weight excluding hydrogens is 271 g/mol. The first kappa shape index (κ1) is 14.8. The van der Waals surface area contributed by atoms with Crippen molar-refractivity contribution in [1.82, 2.24) is 0 Å². The number of unbranched alkanes of at least 4 members (excludes halogenated alkanes) is 1. The second-order valence-corrected chi connectivity index (χ2v) is 5.44. The van der Waals surface area contributed by atoms with Crippen LogP contribution in [0.2, 0.25) is 0 Å². The number of hydrogen-bond donors (Lipinski definition) is 2. The Balaban J connectivity index is 2.81. The van der Waals surface area contributed by atoms with E-state index in [9.17, 15) is 21.6 Å². The van der Waals surface area contributed by atoms with E-state index in [1.807, 2.05) is 4.72 Å². The third-order valence-corrected chi connectivity index (χ3v) is 3.45. The maximum absolute atomic E-state index is 13.2. The number of rotatable bonds is 6. The number of anilines is 1. The van der Waals surface area contributed by atoms with Crippen LogP contribution in [-0.2, 0) is 10.0 Å². The fourth-order valence-corrected chi connectivity index (χ4v) is 2.40. The van der Waals surface area contributed by atoms with Crippen molar-refractivity contribution in [2.75, 3.05) is 17.1 Å². The molecule has 8 heteroatoms. The van der Waals surface area contributed by atoms with Gasteiger partial charge in [0.2, 0.25) is 10.0 Å². The Kier molecular flexibility index (Phi) is 4.97. The molecule has 4 nitrogen and oxygen atoms in total. The monoisotopic (exact) mass is 283 g/mol. The Bertz CT molecular complexity index is 519. The summed E-state index contributed by atoms with van der Waals surface area (Å²) in [6.07, 6.45) is 0.457. The van der Waals surface area contributed by atoms with E-state index < -0.39 is 33.2 Å². The summed E-state index contributed by atoms with van der Waals surface area (Å²) in [6.45, 7) is -0.158. The fraction of sp³-hybridized carbons (Fsp3) is 0.400. The number of sulfonamides is 1. The molecule has 0 aromatic heterocycles. The van der Waals surface area contributed by atoms with Gasteiger partial charge in [-0.05, 0) is 12.8 Å². The van der Waals surface area contributed by atoms with Gasteiger partial charge in [-0.15, -0.1) is 0 Å². The Hall–Kier alpha value is -1.28. The van der Waals surface area contributed by atoms with Crippen LogP contribution in [0.5, 0.6) is 0 Å². The van der Waals surface area contributed by atoms with Crippen LogP contribution < -0.4 is 4.72 Å². The highest BCUT2D eigenvalue weighted by molar-refractivity contribution is 7.92. The van der Waals surface area contributed by atoms with E-state index in [1.165, 1.54) is 0 Å². The molecule has 1 aromatic carbocycles. The maximum atomic E-state index is 13.2. The summed E-state index contributed by atoms with van der Waals surface area (Å²) in [6, 6.07) is 0.704. The minimum absolute atomic E-state index is 0.158. The topological polar surface area (TPSA) is 66.4 Å². The summed E-state index contributed by atoms with van der Waals surface area (Å²) >= 11 is 0. The van der Waals surface area contributed by atoms with Gasteiger partial charge < -0.3 is 5.11 Å². The second kappa shape index (κ2) is 6.05. The van der Waals surface area contributed by atoms with E-state index in [-0.39, 0.29) is 31.3 Å². The van der Waals surface area contributed by atoms with Gasteiger partial charge in [-0.2, -0.15) is 0 Å². The zero-order valence-electron chi connectivity index (χ0n) is 9.29. The van der Waals surface area contributed by atoms with E-state index >= 15 is 0 Å². The van der Waals surface area contributed by atoms with Crippen molar-refractivity contribution in [3.63, 3.8) is 0 Å². The van der Waals surface area contributed by atoms with E-state index in [0.29, 0.717) is 6.07 Å². The van der Waals surface area contributed by atoms with Crippen molar-refractivity contribution in [2.24, 2.45) is 0 Å². The lowest BCUT2D eigenvalue weighted by Crippen LogP contribution is -2.18. The zero-order valence-corrected chi connectivity index (χ0v) is 10.1. The lowest BCUT2D eigenvalue weighted by Gasteiger charge is -2.09. The number of aliphatic hydroxyl groups is 1. The van der Waals surface area contributed by atoms with Gasteiger partial charge in [0.15, 0.2) is 11.6 Å². The molecule has 0 fully saturated rings. The van der Waals surface area contributed by atoms with Crippen LogP contribution in [0, 0.1) is 17.5 Å². The van der Waals surface area contributed by atoms with Crippen molar-refractivity contribution in [3.8, 4) is 0 Å². The predicted octanol–water partition coefficient (Wildman–Crippen LogP) is 1.62. The van der Waals surface area contributed by atoms with Gasteiger partial charge in [0, 0.05) is 18.7 Å². The molecule has 0 atom stereocenters. The molecule has 0 aliphatic heterocycles. The number of hydrogen-bond acceptors (Lipinski definition) is 3. The Morgan fingerprint density at radius 3 is 2.28 bits per heavy atom. The quantitative estimate of drug-likeness (QED) is 0.616. The highest BCUT2D eigenvalue weighted by Crippen LogP contribution is 2.19. The molecule has 18 heavy (non-hydrogen) atoms. The van der Waals surface area contributed by atoms with Crippen LogP contribution in [0.4, 0.5) is 18.9 Å². The van der Waals surface area contributed by atoms with Crippen molar-refractivity contribution < 1.29 is 26.7 Å². The van der Waals surface area contributed by atoms with Gasteiger partial charge in [-0.1, -0.05) is 0 Å². The average Bonchev–Trinajstić information content (AvgIpc) is 2.26. The van der Waals surface area contributed by atoms with Crippen LogP contribution in [0.3, 0.4) is 0 Å². The van der Waals surface area contributed by atoms with Crippen LogP contribution in [0.15, 0.2) is 12.1 Å². The largest absolute Gasteiger partial charge is 0.396 e. The molecule has 0 unspecified atom stereocenters. The van der Waals surface area contributed by atoms with Gasteiger partial charge >= 0.3 is 0 Å². The molecule has 0 heterocycles. The van der Waals surface area contributed by atoms with Crippen LogP contribution in [0.25, 0.3) is 0 Å². The average molecular weight is 283 g/mol. The lowest BCUT2D eigenvalue weighted by molar-refractivity contribution is 0.287. The van der Waals surface area contributed by atoms with E-state index in [4.69, 9.17) is 5.11 Å².